The van der Waals surface area contributed by atoms with Crippen molar-refractivity contribution in [2.24, 2.45) is 0 Å². The molecule has 5 nitrogen and oxygen atoms in total. The van der Waals surface area contributed by atoms with Crippen LogP contribution in [0.4, 0.5) is 0 Å². The Hall–Kier alpha value is -1.47. The minimum atomic E-state index is -0.735. The summed E-state index contributed by atoms with van der Waals surface area (Å²) < 4.78 is 10.7. The van der Waals surface area contributed by atoms with E-state index in [2.05, 4.69) is 15.9 Å². The third-order valence-electron chi connectivity index (χ3n) is 3.08. The number of benzene rings is 1. The van der Waals surface area contributed by atoms with Gasteiger partial charge in [0.2, 0.25) is 12.2 Å². The zero-order chi connectivity index (χ0) is 15.0. The molecule has 1 aromatic rings. The van der Waals surface area contributed by atoms with E-state index in [1.54, 1.807) is 24.5 Å². The molecule has 0 aromatic heterocycles. The molecule has 3 atom stereocenters. The number of thioether (sulfide) groups is 1. The summed E-state index contributed by atoms with van der Waals surface area (Å²) in [5.74, 6) is -0.0583. The first-order valence-corrected chi connectivity index (χ1v) is 8.19. The highest BCUT2D eigenvalue weighted by atomic mass is 79.9. The number of β-lactam (4-membered cyclic amide) rings is 1. The van der Waals surface area contributed by atoms with Gasteiger partial charge in [0.05, 0.1) is 0 Å². The lowest BCUT2D eigenvalue weighted by Gasteiger charge is -2.39. The summed E-state index contributed by atoms with van der Waals surface area (Å²) in [7, 11) is 0. The van der Waals surface area contributed by atoms with Gasteiger partial charge in [0, 0.05) is 12.3 Å². The number of ether oxygens (including phenoxy) is 2. The van der Waals surface area contributed by atoms with E-state index in [0.717, 1.165) is 0 Å². The Labute approximate surface area is 134 Å². The fraction of sp³-hybridized carbons (Fsp3) is 0.286. The largest absolute Gasteiger partial charge is 0.455 e. The Morgan fingerprint density at radius 2 is 2.10 bits per heavy atom. The van der Waals surface area contributed by atoms with Crippen LogP contribution in [-0.2, 0) is 14.3 Å². The molecule has 7 heteroatoms. The molecule has 2 heterocycles. The van der Waals surface area contributed by atoms with E-state index in [4.69, 9.17) is 9.47 Å². The molecule has 1 unspecified atom stereocenters. The maximum absolute atomic E-state index is 12.1. The second-order valence-electron chi connectivity index (χ2n) is 4.54. The van der Waals surface area contributed by atoms with Gasteiger partial charge < -0.3 is 9.47 Å². The standard InChI is InChI=1S/C14H12BrNO4S/c1-8(19-9-5-3-2-4-6-9)20-14(18)10-7-21-13-11(15)12(17)16(10)13/h2-8,11,13H,1H3/t8?,11-,13+/m0/s1. The Kier molecular flexibility index (Phi) is 3.95. The fourth-order valence-electron chi connectivity index (χ4n) is 2.08. The minimum absolute atomic E-state index is 0.0506. The van der Waals surface area contributed by atoms with Crippen LogP contribution in [0.1, 0.15) is 6.92 Å². The van der Waals surface area contributed by atoms with E-state index in [9.17, 15) is 9.59 Å². The maximum atomic E-state index is 12.1. The number of hydrogen-bond donors (Lipinski definition) is 0. The summed E-state index contributed by atoms with van der Waals surface area (Å²) in [5.41, 5.74) is 0.272. The van der Waals surface area contributed by atoms with Crippen LogP contribution >= 0.6 is 27.7 Å². The lowest BCUT2D eigenvalue weighted by Crippen LogP contribution is -2.58. The molecule has 0 saturated carbocycles. The first-order chi connectivity index (χ1) is 10.1. The number of para-hydroxylation sites is 1. The van der Waals surface area contributed by atoms with Gasteiger partial charge in [0.25, 0.3) is 0 Å². The average molecular weight is 370 g/mol. The topological polar surface area (TPSA) is 55.8 Å². The van der Waals surface area contributed by atoms with Gasteiger partial charge in [0.15, 0.2) is 0 Å². The normalized spacial score (nSPS) is 24.8. The van der Waals surface area contributed by atoms with Gasteiger partial charge >= 0.3 is 5.97 Å². The number of esters is 1. The molecule has 3 rings (SSSR count). The number of alkyl halides is 1. The summed E-state index contributed by atoms with van der Waals surface area (Å²) in [6.45, 7) is 1.64. The molecule has 0 bridgehead atoms. The molecule has 2 aliphatic rings. The lowest BCUT2D eigenvalue weighted by molar-refractivity contribution is -0.161. The highest BCUT2D eigenvalue weighted by Crippen LogP contribution is 2.44. The van der Waals surface area contributed by atoms with Crippen molar-refractivity contribution in [2.45, 2.75) is 23.4 Å². The van der Waals surface area contributed by atoms with Gasteiger partial charge in [-0.05, 0) is 12.1 Å². The van der Waals surface area contributed by atoms with E-state index in [-0.39, 0.29) is 21.8 Å². The van der Waals surface area contributed by atoms with E-state index in [1.165, 1.54) is 16.7 Å². The molecule has 21 heavy (non-hydrogen) atoms. The van der Waals surface area contributed by atoms with Crippen molar-refractivity contribution in [2.75, 3.05) is 0 Å². The molecule has 1 amide bonds. The van der Waals surface area contributed by atoms with Crippen LogP contribution in [0.15, 0.2) is 41.4 Å². The van der Waals surface area contributed by atoms with E-state index >= 15 is 0 Å². The first-order valence-electron chi connectivity index (χ1n) is 6.33. The molecular formula is C14H12BrNO4S. The Balaban J connectivity index is 1.58. The predicted octanol–water partition coefficient (Wildman–Crippen LogP) is 2.47. The van der Waals surface area contributed by atoms with Crippen LogP contribution in [0, 0.1) is 0 Å². The van der Waals surface area contributed by atoms with Crippen molar-refractivity contribution >= 4 is 39.6 Å². The van der Waals surface area contributed by atoms with E-state index < -0.39 is 12.3 Å². The SMILES string of the molecule is CC(OC(=O)C1=CS[C@@H]2[C@@H](Br)C(=O)N12)Oc1ccccc1. The third-order valence-corrected chi connectivity index (χ3v) is 5.45. The summed E-state index contributed by atoms with van der Waals surface area (Å²) in [4.78, 5) is 25.0. The Morgan fingerprint density at radius 1 is 1.38 bits per heavy atom. The van der Waals surface area contributed by atoms with Gasteiger partial charge in [-0.3, -0.25) is 9.69 Å². The van der Waals surface area contributed by atoms with Crippen molar-refractivity contribution < 1.29 is 19.1 Å². The Bertz CT molecular complexity index is 606. The maximum Gasteiger partial charge on any atom is 0.358 e. The monoisotopic (exact) mass is 369 g/mol. The van der Waals surface area contributed by atoms with Gasteiger partial charge in [-0.25, -0.2) is 4.79 Å². The molecule has 1 saturated heterocycles. The van der Waals surface area contributed by atoms with Gasteiger partial charge in [-0.15, -0.1) is 11.8 Å². The van der Waals surface area contributed by atoms with Crippen LogP contribution in [0.5, 0.6) is 5.75 Å². The highest BCUT2D eigenvalue weighted by Gasteiger charge is 2.52. The molecule has 1 fully saturated rings. The number of halogens is 1. The van der Waals surface area contributed by atoms with Crippen LogP contribution in [0.3, 0.4) is 0 Å². The van der Waals surface area contributed by atoms with E-state index in [0.29, 0.717) is 5.75 Å². The molecule has 0 aliphatic carbocycles. The number of rotatable bonds is 4. The molecule has 1 aromatic carbocycles. The highest BCUT2D eigenvalue weighted by molar-refractivity contribution is 9.10. The van der Waals surface area contributed by atoms with Gasteiger partial charge in [0.1, 0.15) is 21.6 Å². The summed E-state index contributed by atoms with van der Waals surface area (Å²) in [6, 6.07) is 9.09. The van der Waals surface area contributed by atoms with Crippen LogP contribution in [-0.4, -0.2) is 33.3 Å². The molecular weight excluding hydrogens is 358 g/mol. The van der Waals surface area contributed by atoms with Crippen LogP contribution in [0.25, 0.3) is 0 Å². The number of carbonyl (C=O) groups excluding carboxylic acids is 2. The second-order valence-corrected chi connectivity index (χ2v) is 6.52. The van der Waals surface area contributed by atoms with Gasteiger partial charge in [-0.2, -0.15) is 0 Å². The van der Waals surface area contributed by atoms with Crippen LogP contribution < -0.4 is 4.74 Å². The lowest BCUT2D eigenvalue weighted by atomic mass is 10.2. The Morgan fingerprint density at radius 3 is 2.81 bits per heavy atom. The smallest absolute Gasteiger partial charge is 0.358 e. The number of carbonyl (C=O) groups is 2. The molecule has 0 radical (unpaired) electrons. The predicted molar refractivity (Wildman–Crippen MR) is 81.6 cm³/mol. The molecule has 0 spiro atoms. The number of nitrogens with zero attached hydrogens (tertiary/aromatic N) is 1. The van der Waals surface area contributed by atoms with Crippen molar-refractivity contribution in [3.05, 3.63) is 41.4 Å². The minimum Gasteiger partial charge on any atom is -0.455 e. The van der Waals surface area contributed by atoms with Crippen molar-refractivity contribution in [3.63, 3.8) is 0 Å². The van der Waals surface area contributed by atoms with Crippen LogP contribution in [0.2, 0.25) is 0 Å². The molecule has 2 aliphatic heterocycles. The van der Waals surface area contributed by atoms with E-state index in [1.807, 2.05) is 18.2 Å². The summed E-state index contributed by atoms with van der Waals surface area (Å²) in [5, 5.41) is 1.60. The van der Waals surface area contributed by atoms with Crippen molar-refractivity contribution in [3.8, 4) is 5.75 Å². The first kappa shape index (κ1) is 14.5. The fourth-order valence-corrected chi connectivity index (χ4v) is 3.98. The zero-order valence-corrected chi connectivity index (χ0v) is 13.5. The number of amides is 1. The second kappa shape index (κ2) is 5.73. The number of fused-ring (bicyclic) bond motifs is 1. The van der Waals surface area contributed by atoms with Gasteiger partial charge in [-0.1, -0.05) is 34.1 Å². The quantitative estimate of drug-likeness (QED) is 0.353. The third kappa shape index (κ3) is 2.67. The average Bonchev–Trinajstić information content (AvgIpc) is 2.88. The molecule has 110 valence electrons. The van der Waals surface area contributed by atoms with Crippen molar-refractivity contribution in [1.82, 2.24) is 4.90 Å². The van der Waals surface area contributed by atoms with Crippen molar-refractivity contribution in [1.29, 1.82) is 0 Å². The molecule has 0 N–H and O–H groups in total. The number of hydrogen-bond acceptors (Lipinski definition) is 5. The summed E-state index contributed by atoms with van der Waals surface area (Å²) in [6.07, 6.45) is -0.735. The summed E-state index contributed by atoms with van der Waals surface area (Å²) >= 11 is 4.71. The zero-order valence-electron chi connectivity index (χ0n) is 11.1.